The van der Waals surface area contributed by atoms with Gasteiger partial charge in [0, 0.05) is 12.6 Å². The minimum absolute atomic E-state index is 0.276. The monoisotopic (exact) mass is 227 g/mol. The van der Waals surface area contributed by atoms with Gasteiger partial charge < -0.3 is 4.90 Å². The van der Waals surface area contributed by atoms with Crippen molar-refractivity contribution in [3.05, 3.63) is 0 Å². The second-order valence-corrected chi connectivity index (χ2v) is 6.33. The molecule has 0 aromatic heterocycles. The first kappa shape index (κ1) is 11.3. The molecule has 3 unspecified atom stereocenters. The fraction of sp³-hybridized carbons (Fsp3) is 0.917. The Kier molecular flexibility index (Phi) is 3.60. The Bertz CT molecular complexity index is 238. The molecule has 2 aliphatic rings. The van der Waals surface area contributed by atoms with Crippen LogP contribution in [0.15, 0.2) is 0 Å². The molecule has 3 atom stereocenters. The molecule has 0 aliphatic carbocycles. The second-order valence-electron chi connectivity index (χ2n) is 5.02. The van der Waals surface area contributed by atoms with Crippen molar-refractivity contribution in [2.24, 2.45) is 5.92 Å². The predicted octanol–water partition coefficient (Wildman–Crippen LogP) is 2.53. The van der Waals surface area contributed by atoms with Crippen LogP contribution in [0.3, 0.4) is 0 Å². The van der Waals surface area contributed by atoms with Crippen molar-refractivity contribution < 1.29 is 4.79 Å². The number of carbonyl (C=O) groups excluding carboxylic acids is 1. The molecule has 86 valence electrons. The molecule has 0 aromatic rings. The zero-order valence-corrected chi connectivity index (χ0v) is 10.6. The van der Waals surface area contributed by atoms with Crippen LogP contribution < -0.4 is 0 Å². The summed E-state index contributed by atoms with van der Waals surface area (Å²) in [4.78, 5) is 14.4. The normalized spacial score (nSPS) is 36.9. The van der Waals surface area contributed by atoms with Gasteiger partial charge in [-0.3, -0.25) is 4.79 Å². The third-order valence-electron chi connectivity index (χ3n) is 3.61. The van der Waals surface area contributed by atoms with Crippen LogP contribution in [0.1, 0.15) is 39.5 Å². The van der Waals surface area contributed by atoms with E-state index >= 15 is 0 Å². The Balaban J connectivity index is 1.97. The Morgan fingerprint density at radius 3 is 2.73 bits per heavy atom. The summed E-state index contributed by atoms with van der Waals surface area (Å²) >= 11 is 1.86. The molecule has 15 heavy (non-hydrogen) atoms. The molecular formula is C12H21NOS. The van der Waals surface area contributed by atoms with Crippen LogP contribution in [0, 0.1) is 5.92 Å². The lowest BCUT2D eigenvalue weighted by Gasteiger charge is -2.38. The molecule has 2 fully saturated rings. The van der Waals surface area contributed by atoms with E-state index in [1.54, 1.807) is 0 Å². The fourth-order valence-electron chi connectivity index (χ4n) is 2.55. The van der Waals surface area contributed by atoms with Gasteiger partial charge in [0.2, 0.25) is 5.91 Å². The van der Waals surface area contributed by atoms with Gasteiger partial charge in [-0.2, -0.15) is 0 Å². The Labute approximate surface area is 96.8 Å². The van der Waals surface area contributed by atoms with Gasteiger partial charge >= 0.3 is 0 Å². The van der Waals surface area contributed by atoms with Gasteiger partial charge in [0.1, 0.15) is 0 Å². The van der Waals surface area contributed by atoms with Crippen molar-refractivity contribution in [3.8, 4) is 0 Å². The quantitative estimate of drug-likeness (QED) is 0.686. The smallest absolute Gasteiger partial charge is 0.235 e. The molecule has 0 aromatic carbocycles. The van der Waals surface area contributed by atoms with E-state index in [2.05, 4.69) is 18.7 Å². The lowest BCUT2D eigenvalue weighted by atomic mass is 9.94. The number of thioether (sulfide) groups is 1. The van der Waals surface area contributed by atoms with Crippen LogP contribution in [0.4, 0.5) is 0 Å². The summed E-state index contributed by atoms with van der Waals surface area (Å²) in [6, 6.07) is 0.467. The van der Waals surface area contributed by atoms with Crippen molar-refractivity contribution in [3.63, 3.8) is 0 Å². The van der Waals surface area contributed by atoms with Gasteiger partial charge in [0.15, 0.2) is 0 Å². The second kappa shape index (κ2) is 4.77. The maximum absolute atomic E-state index is 12.3. The molecular weight excluding hydrogens is 206 g/mol. The van der Waals surface area contributed by atoms with Crippen molar-refractivity contribution in [1.29, 1.82) is 0 Å². The highest BCUT2D eigenvalue weighted by Gasteiger charge is 2.33. The van der Waals surface area contributed by atoms with Crippen LogP contribution in [0.25, 0.3) is 0 Å². The molecule has 0 radical (unpaired) electrons. The van der Waals surface area contributed by atoms with E-state index in [0.29, 0.717) is 17.9 Å². The first-order valence-electron chi connectivity index (χ1n) is 6.10. The number of nitrogens with zero attached hydrogens (tertiary/aromatic N) is 1. The van der Waals surface area contributed by atoms with Gasteiger partial charge in [0.25, 0.3) is 0 Å². The van der Waals surface area contributed by atoms with E-state index in [4.69, 9.17) is 0 Å². The third-order valence-corrected chi connectivity index (χ3v) is 4.97. The number of amides is 1. The van der Waals surface area contributed by atoms with Crippen LogP contribution >= 0.6 is 11.8 Å². The Hall–Kier alpha value is -0.180. The minimum Gasteiger partial charge on any atom is -0.339 e. The van der Waals surface area contributed by atoms with E-state index in [9.17, 15) is 4.79 Å². The number of hydrogen-bond acceptors (Lipinski definition) is 2. The summed E-state index contributed by atoms with van der Waals surface area (Å²) in [5.74, 6) is 2.28. The molecule has 2 saturated heterocycles. The summed E-state index contributed by atoms with van der Waals surface area (Å²) in [7, 11) is 0. The number of rotatable bonds is 1. The highest BCUT2D eigenvalue weighted by atomic mass is 32.2. The van der Waals surface area contributed by atoms with E-state index in [1.807, 2.05) is 11.8 Å². The number of likely N-dealkylation sites (tertiary alicyclic amines) is 1. The number of hydrogen-bond donors (Lipinski definition) is 0. The van der Waals surface area contributed by atoms with Gasteiger partial charge in [-0.1, -0.05) is 6.92 Å². The molecule has 2 heterocycles. The van der Waals surface area contributed by atoms with E-state index < -0.39 is 0 Å². The largest absolute Gasteiger partial charge is 0.339 e. The van der Waals surface area contributed by atoms with Crippen LogP contribution in [0.2, 0.25) is 0 Å². The Morgan fingerprint density at radius 1 is 1.27 bits per heavy atom. The number of piperidine rings is 1. The molecule has 2 nitrogen and oxygen atoms in total. The average molecular weight is 227 g/mol. The molecule has 2 rings (SSSR count). The van der Waals surface area contributed by atoms with E-state index in [-0.39, 0.29) is 5.25 Å². The van der Waals surface area contributed by atoms with Crippen molar-refractivity contribution in [2.45, 2.75) is 50.8 Å². The predicted molar refractivity (Wildman–Crippen MR) is 65.1 cm³/mol. The molecule has 0 saturated carbocycles. The van der Waals surface area contributed by atoms with Crippen molar-refractivity contribution >= 4 is 17.7 Å². The van der Waals surface area contributed by atoms with Crippen LogP contribution in [-0.4, -0.2) is 34.4 Å². The topological polar surface area (TPSA) is 20.3 Å². The summed E-state index contributed by atoms with van der Waals surface area (Å²) in [5.41, 5.74) is 0. The van der Waals surface area contributed by atoms with Crippen LogP contribution in [0.5, 0.6) is 0 Å². The zero-order valence-electron chi connectivity index (χ0n) is 9.74. The molecule has 0 bridgehead atoms. The highest BCUT2D eigenvalue weighted by Crippen LogP contribution is 2.30. The Morgan fingerprint density at radius 2 is 2.07 bits per heavy atom. The lowest BCUT2D eigenvalue weighted by Crippen LogP contribution is -2.48. The fourth-order valence-corrected chi connectivity index (χ4v) is 3.78. The molecule has 1 amide bonds. The lowest BCUT2D eigenvalue weighted by molar-refractivity contribution is -0.134. The molecule has 3 heteroatoms. The summed E-state index contributed by atoms with van der Waals surface area (Å²) in [6.07, 6.45) is 4.78. The van der Waals surface area contributed by atoms with Gasteiger partial charge in [0.05, 0.1) is 5.25 Å². The highest BCUT2D eigenvalue weighted by molar-refractivity contribution is 8.00. The molecule has 0 spiro atoms. The maximum Gasteiger partial charge on any atom is 0.235 e. The van der Waals surface area contributed by atoms with Gasteiger partial charge in [-0.25, -0.2) is 0 Å². The number of carbonyl (C=O) groups is 1. The van der Waals surface area contributed by atoms with Crippen molar-refractivity contribution in [1.82, 2.24) is 4.90 Å². The van der Waals surface area contributed by atoms with Crippen molar-refractivity contribution in [2.75, 3.05) is 12.3 Å². The maximum atomic E-state index is 12.3. The minimum atomic E-state index is 0.276. The summed E-state index contributed by atoms with van der Waals surface area (Å²) in [6.45, 7) is 5.44. The van der Waals surface area contributed by atoms with E-state index in [1.165, 1.54) is 25.0 Å². The molecule has 0 N–H and O–H groups in total. The first-order valence-corrected chi connectivity index (χ1v) is 7.15. The first-order chi connectivity index (χ1) is 7.18. The standard InChI is InChI=1S/C12H21NOS/c1-9-5-6-10(2)13(8-9)12(14)11-4-3-7-15-11/h9-11H,3-8H2,1-2H3. The van der Waals surface area contributed by atoms with Crippen LogP contribution in [-0.2, 0) is 4.79 Å². The average Bonchev–Trinajstić information content (AvgIpc) is 2.74. The zero-order chi connectivity index (χ0) is 10.8. The van der Waals surface area contributed by atoms with Gasteiger partial charge in [-0.05, 0) is 44.3 Å². The SMILES string of the molecule is CC1CCC(C)N(C(=O)C2CCCS2)C1. The summed E-state index contributed by atoms with van der Waals surface area (Å²) < 4.78 is 0. The molecule has 2 aliphatic heterocycles. The summed E-state index contributed by atoms with van der Waals surface area (Å²) in [5, 5.41) is 0.276. The van der Waals surface area contributed by atoms with E-state index in [0.717, 1.165) is 13.0 Å². The third kappa shape index (κ3) is 2.49. The van der Waals surface area contributed by atoms with Gasteiger partial charge in [-0.15, -0.1) is 11.8 Å².